The molecule has 9 nitrogen and oxygen atoms in total. The van der Waals surface area contributed by atoms with Crippen LogP contribution < -0.4 is 20.9 Å². The van der Waals surface area contributed by atoms with E-state index in [0.717, 1.165) is 11.6 Å². The first-order chi connectivity index (χ1) is 20.6. The molecule has 1 aromatic carbocycles. The van der Waals surface area contributed by atoms with Gasteiger partial charge in [-0.3, -0.25) is 24.7 Å². The predicted molar refractivity (Wildman–Crippen MR) is 154 cm³/mol. The standard InChI is InChI=1S/C30H30ClF3N6O3/c31-22-3-1-2-20(12-22)21-13-23(30(32,33)34)27(37-17-21)40-10-8-18(9-11-40)14-35-15-19-4-5-24(36-16-19)28(42)38-25-6-7-26(41)39-29(25)43/h1-5,12-13,16-18,25,35H,6-11,14-15H2,(H,38,42)(H,39,41,43). The second-order valence-electron chi connectivity index (χ2n) is 10.7. The smallest absolute Gasteiger partial charge is 0.356 e. The van der Waals surface area contributed by atoms with Crippen molar-refractivity contribution in [3.8, 4) is 11.1 Å². The number of aromatic nitrogens is 2. The van der Waals surface area contributed by atoms with Crippen molar-refractivity contribution >= 4 is 35.1 Å². The molecule has 13 heteroatoms. The quantitative estimate of drug-likeness (QED) is 0.323. The van der Waals surface area contributed by atoms with Crippen molar-refractivity contribution in [3.05, 3.63) is 76.7 Å². The number of nitrogens with zero attached hydrogens (tertiary/aromatic N) is 3. The first kappa shape index (κ1) is 30.4. The Hall–Kier alpha value is -4.03. The van der Waals surface area contributed by atoms with Gasteiger partial charge in [0.2, 0.25) is 11.8 Å². The zero-order valence-electron chi connectivity index (χ0n) is 23.1. The summed E-state index contributed by atoms with van der Waals surface area (Å²) in [6, 6.07) is 10.4. The van der Waals surface area contributed by atoms with E-state index >= 15 is 0 Å². The molecular formula is C30H30ClF3N6O3. The highest BCUT2D eigenvalue weighted by Gasteiger charge is 2.37. The lowest BCUT2D eigenvalue weighted by Crippen LogP contribution is -2.52. The Labute approximate surface area is 251 Å². The molecule has 1 atom stereocenters. The number of imide groups is 1. The van der Waals surface area contributed by atoms with Crippen LogP contribution in [-0.4, -0.2) is 53.4 Å². The van der Waals surface area contributed by atoms with E-state index in [1.165, 1.54) is 6.20 Å². The number of anilines is 1. The minimum absolute atomic E-state index is 0.0579. The van der Waals surface area contributed by atoms with E-state index in [0.29, 0.717) is 55.2 Å². The van der Waals surface area contributed by atoms with Gasteiger partial charge in [-0.15, -0.1) is 0 Å². The zero-order valence-corrected chi connectivity index (χ0v) is 23.8. The summed E-state index contributed by atoms with van der Waals surface area (Å²) >= 11 is 6.02. The maximum Gasteiger partial charge on any atom is 0.419 e. The fraction of sp³-hybridized carbons (Fsp3) is 0.367. The average molecular weight is 615 g/mol. The van der Waals surface area contributed by atoms with Gasteiger partial charge in [-0.05, 0) is 67.1 Å². The zero-order chi connectivity index (χ0) is 30.6. The minimum Gasteiger partial charge on any atom is -0.356 e. The molecule has 2 aliphatic rings. The molecule has 2 fully saturated rings. The third kappa shape index (κ3) is 7.68. The molecule has 0 aliphatic carbocycles. The first-order valence-electron chi connectivity index (χ1n) is 13.9. The topological polar surface area (TPSA) is 116 Å². The Bertz CT molecular complexity index is 1490. The molecule has 0 radical (unpaired) electrons. The Morgan fingerprint density at radius 3 is 2.49 bits per heavy atom. The number of pyridine rings is 2. The van der Waals surface area contributed by atoms with Crippen LogP contribution in [0.25, 0.3) is 11.1 Å². The summed E-state index contributed by atoms with van der Waals surface area (Å²) in [5.41, 5.74) is 1.18. The summed E-state index contributed by atoms with van der Waals surface area (Å²) < 4.78 is 42.1. The maximum absolute atomic E-state index is 14.0. The second-order valence-corrected chi connectivity index (χ2v) is 11.1. The lowest BCUT2D eigenvalue weighted by Gasteiger charge is -2.34. The van der Waals surface area contributed by atoms with Crippen molar-refractivity contribution in [2.24, 2.45) is 5.92 Å². The van der Waals surface area contributed by atoms with Crippen LogP contribution in [0.3, 0.4) is 0 Å². The monoisotopic (exact) mass is 614 g/mol. The summed E-state index contributed by atoms with van der Waals surface area (Å²) in [6.07, 6.45) is 0.308. The Balaban J connectivity index is 1.11. The van der Waals surface area contributed by atoms with Crippen molar-refractivity contribution in [1.29, 1.82) is 0 Å². The predicted octanol–water partition coefficient (Wildman–Crippen LogP) is 4.36. The number of nitrogens with one attached hydrogen (secondary N) is 3. The molecule has 3 amide bonds. The van der Waals surface area contributed by atoms with Gasteiger partial charge in [0.1, 0.15) is 17.6 Å². The third-order valence-electron chi connectivity index (χ3n) is 7.61. The highest BCUT2D eigenvalue weighted by Crippen LogP contribution is 2.39. The van der Waals surface area contributed by atoms with Crippen LogP contribution in [0, 0.1) is 5.92 Å². The molecular weight excluding hydrogens is 585 g/mol. The van der Waals surface area contributed by atoms with Crippen molar-refractivity contribution < 1.29 is 27.6 Å². The van der Waals surface area contributed by atoms with E-state index in [1.54, 1.807) is 47.5 Å². The average Bonchev–Trinajstić information content (AvgIpc) is 2.98. The van der Waals surface area contributed by atoms with Crippen LogP contribution in [0.15, 0.2) is 54.9 Å². The number of carbonyl (C=O) groups excluding carboxylic acids is 3. The van der Waals surface area contributed by atoms with Gasteiger partial charge in [0.25, 0.3) is 5.91 Å². The molecule has 3 aromatic rings. The fourth-order valence-corrected chi connectivity index (χ4v) is 5.43. The van der Waals surface area contributed by atoms with E-state index in [4.69, 9.17) is 11.6 Å². The van der Waals surface area contributed by atoms with Crippen LogP contribution in [-0.2, 0) is 22.3 Å². The van der Waals surface area contributed by atoms with Gasteiger partial charge in [-0.1, -0.05) is 29.8 Å². The fourth-order valence-electron chi connectivity index (χ4n) is 5.24. The summed E-state index contributed by atoms with van der Waals surface area (Å²) in [5.74, 6) is -1.16. The van der Waals surface area contributed by atoms with Gasteiger partial charge >= 0.3 is 6.18 Å². The molecule has 0 bridgehead atoms. The highest BCUT2D eigenvalue weighted by molar-refractivity contribution is 6.30. The summed E-state index contributed by atoms with van der Waals surface area (Å²) in [5, 5.41) is 8.60. The molecule has 2 saturated heterocycles. The number of benzene rings is 1. The van der Waals surface area contributed by atoms with Gasteiger partial charge < -0.3 is 15.5 Å². The lowest BCUT2D eigenvalue weighted by atomic mass is 9.96. The number of halogens is 4. The first-order valence-corrected chi connectivity index (χ1v) is 14.3. The highest BCUT2D eigenvalue weighted by atomic mass is 35.5. The van der Waals surface area contributed by atoms with E-state index in [9.17, 15) is 27.6 Å². The van der Waals surface area contributed by atoms with Crippen LogP contribution >= 0.6 is 11.6 Å². The largest absolute Gasteiger partial charge is 0.419 e. The summed E-state index contributed by atoms with van der Waals surface area (Å²) in [4.78, 5) is 45.7. The molecule has 226 valence electrons. The molecule has 5 rings (SSSR count). The number of rotatable bonds is 8. The van der Waals surface area contributed by atoms with Crippen molar-refractivity contribution in [1.82, 2.24) is 25.9 Å². The van der Waals surface area contributed by atoms with Crippen molar-refractivity contribution in [3.63, 3.8) is 0 Å². The molecule has 3 N–H and O–H groups in total. The molecule has 1 unspecified atom stereocenters. The van der Waals surface area contributed by atoms with Crippen LogP contribution in [0.2, 0.25) is 5.02 Å². The van der Waals surface area contributed by atoms with Crippen LogP contribution in [0.4, 0.5) is 19.0 Å². The molecule has 2 aromatic heterocycles. The van der Waals surface area contributed by atoms with E-state index in [2.05, 4.69) is 25.9 Å². The normalized spacial score (nSPS) is 18.0. The van der Waals surface area contributed by atoms with Gasteiger partial charge in [0.05, 0.1) is 5.56 Å². The minimum atomic E-state index is -4.55. The van der Waals surface area contributed by atoms with Gasteiger partial charge in [0, 0.05) is 49.0 Å². The number of alkyl halides is 3. The SMILES string of the molecule is O=C1CCC(NC(=O)c2ccc(CNCC3CCN(c4ncc(-c5cccc(Cl)c5)cc4C(F)(F)F)CC3)cn2)C(=O)N1. The van der Waals surface area contributed by atoms with Gasteiger partial charge in [-0.25, -0.2) is 4.98 Å². The number of hydrogen-bond acceptors (Lipinski definition) is 7. The van der Waals surface area contributed by atoms with Crippen molar-refractivity contribution in [2.45, 2.75) is 44.4 Å². The van der Waals surface area contributed by atoms with Crippen LogP contribution in [0.1, 0.15) is 47.3 Å². The lowest BCUT2D eigenvalue weighted by molar-refractivity contribution is -0.137. The van der Waals surface area contributed by atoms with E-state index in [-0.39, 0.29) is 36.2 Å². The van der Waals surface area contributed by atoms with E-state index in [1.807, 2.05) is 0 Å². The third-order valence-corrected chi connectivity index (χ3v) is 7.84. The molecule has 0 spiro atoms. The molecule has 0 saturated carbocycles. The second kappa shape index (κ2) is 13.1. The number of hydrogen-bond donors (Lipinski definition) is 3. The molecule has 4 heterocycles. The number of carbonyl (C=O) groups is 3. The van der Waals surface area contributed by atoms with Gasteiger partial charge in [0.15, 0.2) is 0 Å². The Morgan fingerprint density at radius 2 is 1.81 bits per heavy atom. The van der Waals surface area contributed by atoms with Crippen LogP contribution in [0.5, 0.6) is 0 Å². The summed E-state index contributed by atoms with van der Waals surface area (Å²) in [6.45, 7) is 2.10. The molecule has 2 aliphatic heterocycles. The summed E-state index contributed by atoms with van der Waals surface area (Å²) in [7, 11) is 0. The Morgan fingerprint density at radius 1 is 1.02 bits per heavy atom. The number of amides is 3. The molecule has 43 heavy (non-hydrogen) atoms. The van der Waals surface area contributed by atoms with E-state index < -0.39 is 29.6 Å². The Kier molecular flexibility index (Phi) is 9.26. The van der Waals surface area contributed by atoms with Crippen molar-refractivity contribution in [2.75, 3.05) is 24.5 Å². The number of piperidine rings is 2. The maximum atomic E-state index is 14.0. The van der Waals surface area contributed by atoms with Gasteiger partial charge in [-0.2, -0.15) is 13.2 Å².